The maximum atomic E-state index is 11.8. The molecule has 16 heavy (non-hydrogen) atoms. The van der Waals surface area contributed by atoms with Gasteiger partial charge in [0.25, 0.3) is 0 Å². The third-order valence-corrected chi connectivity index (χ3v) is 4.17. The molecule has 1 fully saturated rings. The normalized spacial score (nSPS) is 22.9. The van der Waals surface area contributed by atoms with Gasteiger partial charge >= 0.3 is 0 Å². The smallest absolute Gasteiger partial charge is 0.220 e. The van der Waals surface area contributed by atoms with Crippen LogP contribution < -0.4 is 10.0 Å². The molecule has 1 rings (SSSR count). The molecule has 1 unspecified atom stereocenters. The van der Waals surface area contributed by atoms with Gasteiger partial charge < -0.3 is 5.32 Å². The van der Waals surface area contributed by atoms with Crippen LogP contribution in [0.4, 0.5) is 0 Å². The zero-order valence-corrected chi connectivity index (χ0v) is 10.9. The molecule has 1 aliphatic rings. The fourth-order valence-corrected chi connectivity index (χ4v) is 3.63. The zero-order valence-electron chi connectivity index (χ0n) is 10.0. The van der Waals surface area contributed by atoms with E-state index in [-0.39, 0.29) is 23.1 Å². The summed E-state index contributed by atoms with van der Waals surface area (Å²) in [4.78, 5) is 10.9. The number of sulfonamides is 1. The Morgan fingerprint density at radius 1 is 1.44 bits per heavy atom. The first-order valence-electron chi connectivity index (χ1n) is 5.45. The van der Waals surface area contributed by atoms with Gasteiger partial charge in [0, 0.05) is 19.0 Å². The molecule has 0 aromatic heterocycles. The van der Waals surface area contributed by atoms with Gasteiger partial charge in [-0.2, -0.15) is 0 Å². The molecule has 0 aliphatic carbocycles. The van der Waals surface area contributed by atoms with Crippen LogP contribution in [0.5, 0.6) is 0 Å². The van der Waals surface area contributed by atoms with Crippen molar-refractivity contribution < 1.29 is 13.2 Å². The molecule has 1 aliphatic heterocycles. The zero-order chi connectivity index (χ0) is 12.4. The summed E-state index contributed by atoms with van der Waals surface area (Å²) in [7, 11) is -3.26. The van der Waals surface area contributed by atoms with Gasteiger partial charge in [0.1, 0.15) is 0 Å². The molecule has 94 valence electrons. The topological polar surface area (TPSA) is 75.3 Å². The Hall–Kier alpha value is -0.620. The van der Waals surface area contributed by atoms with E-state index in [1.165, 1.54) is 0 Å². The van der Waals surface area contributed by atoms with Crippen LogP contribution >= 0.6 is 0 Å². The minimum atomic E-state index is -3.26. The van der Waals surface area contributed by atoms with Gasteiger partial charge in [0.2, 0.25) is 15.9 Å². The molecule has 5 nitrogen and oxygen atoms in total. The van der Waals surface area contributed by atoms with E-state index >= 15 is 0 Å². The van der Waals surface area contributed by atoms with Crippen molar-refractivity contribution in [1.82, 2.24) is 10.0 Å². The molecule has 0 saturated carbocycles. The number of amides is 1. The van der Waals surface area contributed by atoms with Crippen LogP contribution in [0.25, 0.3) is 0 Å². The molecule has 6 heteroatoms. The van der Waals surface area contributed by atoms with Gasteiger partial charge in [-0.15, -0.1) is 0 Å². The average Bonchev–Trinajstić information content (AvgIpc) is 2.04. The predicted molar refractivity (Wildman–Crippen MR) is 62.4 cm³/mol. The summed E-state index contributed by atoms with van der Waals surface area (Å²) in [5.74, 6) is 0.0935. The maximum absolute atomic E-state index is 11.8. The Balaban J connectivity index is 2.50. The van der Waals surface area contributed by atoms with E-state index in [9.17, 15) is 13.2 Å². The second kappa shape index (κ2) is 4.71. The lowest BCUT2D eigenvalue weighted by molar-refractivity contribution is -0.122. The fourth-order valence-electron chi connectivity index (χ4n) is 1.70. The average molecular weight is 248 g/mol. The van der Waals surface area contributed by atoms with E-state index in [4.69, 9.17) is 0 Å². The Kier molecular flexibility index (Phi) is 3.96. The highest BCUT2D eigenvalue weighted by molar-refractivity contribution is 7.89. The number of rotatable bonds is 3. The number of carbonyl (C=O) groups is 1. The first-order valence-corrected chi connectivity index (χ1v) is 7.10. The molecule has 0 spiro atoms. The van der Waals surface area contributed by atoms with Crippen molar-refractivity contribution in [1.29, 1.82) is 0 Å². The van der Waals surface area contributed by atoms with E-state index in [0.717, 1.165) is 0 Å². The number of hydrogen-bond donors (Lipinski definition) is 2. The van der Waals surface area contributed by atoms with Crippen LogP contribution in [0, 0.1) is 5.41 Å². The van der Waals surface area contributed by atoms with E-state index in [0.29, 0.717) is 19.4 Å². The highest BCUT2D eigenvalue weighted by Gasteiger charge is 2.26. The highest BCUT2D eigenvalue weighted by Crippen LogP contribution is 2.16. The third-order valence-electron chi connectivity index (χ3n) is 2.23. The van der Waals surface area contributed by atoms with Crippen molar-refractivity contribution in [2.75, 3.05) is 12.3 Å². The summed E-state index contributed by atoms with van der Waals surface area (Å²) in [6.45, 7) is 6.04. The second-order valence-electron chi connectivity index (χ2n) is 5.48. The van der Waals surface area contributed by atoms with E-state index in [2.05, 4.69) is 10.0 Å². The molecule has 0 aromatic carbocycles. The van der Waals surface area contributed by atoms with Crippen LogP contribution in [-0.2, 0) is 14.8 Å². The summed E-state index contributed by atoms with van der Waals surface area (Å²) in [6.07, 6.45) is 0.970. The minimum Gasteiger partial charge on any atom is -0.355 e. The van der Waals surface area contributed by atoms with E-state index in [1.54, 1.807) is 0 Å². The summed E-state index contributed by atoms with van der Waals surface area (Å²) < 4.78 is 26.2. The summed E-state index contributed by atoms with van der Waals surface area (Å²) in [6, 6.07) is -0.162. The van der Waals surface area contributed by atoms with Crippen LogP contribution in [0.15, 0.2) is 0 Å². The molecular formula is C10H20N2O3S. The standard InChI is InChI=1S/C10H20N2O3S/c1-10(2,3)7-16(14,15)12-8-4-5-9(13)11-6-8/h8,12H,4-7H2,1-3H3,(H,11,13). The van der Waals surface area contributed by atoms with Gasteiger partial charge in [0.05, 0.1) is 5.75 Å². The number of nitrogens with one attached hydrogen (secondary N) is 2. The first kappa shape index (κ1) is 13.4. The monoisotopic (exact) mass is 248 g/mol. The Labute approximate surface area is 97.0 Å². The number of piperidine rings is 1. The summed E-state index contributed by atoms with van der Waals surface area (Å²) >= 11 is 0. The Morgan fingerprint density at radius 2 is 2.06 bits per heavy atom. The lowest BCUT2D eigenvalue weighted by Crippen LogP contribution is -2.49. The van der Waals surface area contributed by atoms with Crippen molar-refractivity contribution in [3.63, 3.8) is 0 Å². The molecule has 1 saturated heterocycles. The van der Waals surface area contributed by atoms with Crippen molar-refractivity contribution in [2.24, 2.45) is 5.41 Å². The van der Waals surface area contributed by atoms with Crippen LogP contribution in [0.1, 0.15) is 33.6 Å². The molecule has 2 N–H and O–H groups in total. The van der Waals surface area contributed by atoms with E-state index in [1.807, 2.05) is 20.8 Å². The molecule has 1 amide bonds. The van der Waals surface area contributed by atoms with Gasteiger partial charge in [-0.05, 0) is 11.8 Å². The predicted octanol–water partition coefficient (Wildman–Crippen LogP) is 0.231. The van der Waals surface area contributed by atoms with Crippen molar-refractivity contribution in [3.05, 3.63) is 0 Å². The SMILES string of the molecule is CC(C)(C)CS(=O)(=O)NC1CCC(=O)NC1. The molecule has 1 atom stereocenters. The minimum absolute atomic E-state index is 0.00808. The van der Waals surface area contributed by atoms with Gasteiger partial charge in [-0.3, -0.25) is 4.79 Å². The quantitative estimate of drug-likeness (QED) is 0.751. The van der Waals surface area contributed by atoms with Gasteiger partial charge in [-0.1, -0.05) is 20.8 Å². The van der Waals surface area contributed by atoms with Gasteiger partial charge in [-0.25, -0.2) is 13.1 Å². The Bertz CT molecular complexity index is 347. The van der Waals surface area contributed by atoms with Crippen LogP contribution in [-0.4, -0.2) is 32.7 Å². The Morgan fingerprint density at radius 3 is 2.50 bits per heavy atom. The van der Waals surface area contributed by atoms with Crippen molar-refractivity contribution >= 4 is 15.9 Å². The second-order valence-corrected chi connectivity index (χ2v) is 7.23. The van der Waals surface area contributed by atoms with Crippen LogP contribution in [0.3, 0.4) is 0 Å². The van der Waals surface area contributed by atoms with Gasteiger partial charge in [0.15, 0.2) is 0 Å². The lowest BCUT2D eigenvalue weighted by Gasteiger charge is -2.25. The largest absolute Gasteiger partial charge is 0.355 e. The van der Waals surface area contributed by atoms with Crippen molar-refractivity contribution in [3.8, 4) is 0 Å². The highest BCUT2D eigenvalue weighted by atomic mass is 32.2. The molecular weight excluding hydrogens is 228 g/mol. The number of carbonyl (C=O) groups excluding carboxylic acids is 1. The molecule has 0 radical (unpaired) electrons. The van der Waals surface area contributed by atoms with E-state index < -0.39 is 10.0 Å². The summed E-state index contributed by atoms with van der Waals surface area (Å²) in [5.41, 5.74) is -0.260. The number of hydrogen-bond acceptors (Lipinski definition) is 3. The maximum Gasteiger partial charge on any atom is 0.220 e. The third kappa shape index (κ3) is 4.94. The molecule has 0 bridgehead atoms. The van der Waals surface area contributed by atoms with Crippen molar-refractivity contribution in [2.45, 2.75) is 39.7 Å². The van der Waals surface area contributed by atoms with Crippen LogP contribution in [0.2, 0.25) is 0 Å². The fraction of sp³-hybridized carbons (Fsp3) is 0.900. The molecule has 0 aromatic rings. The molecule has 1 heterocycles. The lowest BCUT2D eigenvalue weighted by atomic mass is 10.0. The summed E-state index contributed by atoms with van der Waals surface area (Å²) in [5, 5.41) is 2.65. The first-order chi connectivity index (χ1) is 7.18.